The van der Waals surface area contributed by atoms with Gasteiger partial charge in [-0.3, -0.25) is 4.79 Å². The first kappa shape index (κ1) is 14.5. The van der Waals surface area contributed by atoms with E-state index in [1.807, 2.05) is 4.90 Å². The summed E-state index contributed by atoms with van der Waals surface area (Å²) >= 11 is 0. The van der Waals surface area contributed by atoms with Crippen molar-refractivity contribution in [2.24, 2.45) is 5.92 Å². The molecular formula is C13H26N2O2. The van der Waals surface area contributed by atoms with Crippen LogP contribution < -0.4 is 0 Å². The topological polar surface area (TPSA) is 43.8 Å². The Hall–Kier alpha value is -0.610. The summed E-state index contributed by atoms with van der Waals surface area (Å²) in [4.78, 5) is 15.8. The normalized spacial score (nSPS) is 20.9. The molecule has 1 fully saturated rings. The molecule has 0 aliphatic carbocycles. The molecule has 0 radical (unpaired) electrons. The van der Waals surface area contributed by atoms with Crippen LogP contribution in [0.4, 0.5) is 0 Å². The Labute approximate surface area is 105 Å². The summed E-state index contributed by atoms with van der Waals surface area (Å²) in [7, 11) is 2.13. The molecule has 1 N–H and O–H groups in total. The van der Waals surface area contributed by atoms with E-state index in [0.29, 0.717) is 12.5 Å². The van der Waals surface area contributed by atoms with E-state index in [1.165, 1.54) is 0 Å². The van der Waals surface area contributed by atoms with E-state index >= 15 is 0 Å². The average Bonchev–Trinajstić information content (AvgIpc) is 2.65. The highest BCUT2D eigenvalue weighted by Gasteiger charge is 2.28. The van der Waals surface area contributed by atoms with Crippen molar-refractivity contribution in [3.05, 3.63) is 0 Å². The monoisotopic (exact) mass is 242 g/mol. The first-order valence-corrected chi connectivity index (χ1v) is 6.63. The van der Waals surface area contributed by atoms with E-state index in [0.717, 1.165) is 32.5 Å². The molecule has 0 aromatic rings. The number of amides is 1. The Morgan fingerprint density at radius 3 is 2.71 bits per heavy atom. The summed E-state index contributed by atoms with van der Waals surface area (Å²) in [6.07, 6.45) is 2.71. The fraction of sp³-hybridized carbons (Fsp3) is 0.923. The standard InChI is InChI=1S/C13H26N2O2/c1-11(2)14(3)6-4-5-7-15-9-12(10-16)8-13(15)17/h11-12,16H,4-10H2,1-3H3. The van der Waals surface area contributed by atoms with Crippen LogP contribution in [0.5, 0.6) is 0 Å². The molecule has 17 heavy (non-hydrogen) atoms. The van der Waals surface area contributed by atoms with Crippen molar-refractivity contribution in [1.82, 2.24) is 9.80 Å². The van der Waals surface area contributed by atoms with Crippen molar-refractivity contribution in [2.75, 3.05) is 33.3 Å². The zero-order valence-corrected chi connectivity index (χ0v) is 11.4. The van der Waals surface area contributed by atoms with E-state index in [-0.39, 0.29) is 18.4 Å². The molecule has 1 atom stereocenters. The third kappa shape index (κ3) is 4.64. The number of aliphatic hydroxyl groups is 1. The molecule has 0 aromatic heterocycles. The maximum absolute atomic E-state index is 11.6. The second kappa shape index (κ2) is 6.97. The molecule has 100 valence electrons. The molecule has 4 heteroatoms. The largest absolute Gasteiger partial charge is 0.396 e. The second-order valence-corrected chi connectivity index (χ2v) is 5.37. The predicted molar refractivity (Wildman–Crippen MR) is 68.8 cm³/mol. The fourth-order valence-corrected chi connectivity index (χ4v) is 2.11. The summed E-state index contributed by atoms with van der Waals surface area (Å²) in [6, 6.07) is 0.585. The van der Waals surface area contributed by atoms with Crippen LogP contribution in [0.25, 0.3) is 0 Å². The van der Waals surface area contributed by atoms with Gasteiger partial charge in [-0.05, 0) is 40.3 Å². The Balaban J connectivity index is 2.13. The minimum absolute atomic E-state index is 0.137. The Morgan fingerprint density at radius 1 is 1.47 bits per heavy atom. The molecule has 0 bridgehead atoms. The summed E-state index contributed by atoms with van der Waals surface area (Å²) in [5, 5.41) is 9.02. The van der Waals surface area contributed by atoms with Crippen LogP contribution >= 0.6 is 0 Å². The summed E-state index contributed by atoms with van der Waals surface area (Å²) in [5.41, 5.74) is 0. The van der Waals surface area contributed by atoms with Gasteiger partial charge in [-0.25, -0.2) is 0 Å². The quantitative estimate of drug-likeness (QED) is 0.676. The lowest BCUT2D eigenvalue weighted by atomic mass is 10.1. The molecule has 4 nitrogen and oxygen atoms in total. The van der Waals surface area contributed by atoms with Gasteiger partial charge < -0.3 is 14.9 Å². The highest BCUT2D eigenvalue weighted by Crippen LogP contribution is 2.17. The lowest BCUT2D eigenvalue weighted by Gasteiger charge is -2.22. The van der Waals surface area contributed by atoms with Crippen LogP contribution in [0.1, 0.15) is 33.1 Å². The summed E-state index contributed by atoms with van der Waals surface area (Å²) in [6.45, 7) is 7.20. The highest BCUT2D eigenvalue weighted by atomic mass is 16.3. The van der Waals surface area contributed by atoms with Crippen LogP contribution in [-0.4, -0.2) is 60.1 Å². The second-order valence-electron chi connectivity index (χ2n) is 5.37. The van der Waals surface area contributed by atoms with Crippen LogP contribution in [0.3, 0.4) is 0 Å². The molecule has 0 aromatic carbocycles. The van der Waals surface area contributed by atoms with Crippen molar-refractivity contribution in [3.8, 4) is 0 Å². The first-order valence-electron chi connectivity index (χ1n) is 6.63. The predicted octanol–water partition coefficient (Wildman–Crippen LogP) is 0.948. The van der Waals surface area contributed by atoms with Crippen molar-refractivity contribution >= 4 is 5.91 Å². The number of unbranched alkanes of at least 4 members (excludes halogenated alkanes) is 1. The van der Waals surface area contributed by atoms with Crippen LogP contribution in [0.2, 0.25) is 0 Å². The van der Waals surface area contributed by atoms with Gasteiger partial charge in [0.1, 0.15) is 0 Å². The number of nitrogens with zero attached hydrogens (tertiary/aromatic N) is 2. The molecule has 1 rings (SSSR count). The van der Waals surface area contributed by atoms with Gasteiger partial charge in [-0.15, -0.1) is 0 Å². The lowest BCUT2D eigenvalue weighted by molar-refractivity contribution is -0.127. The minimum atomic E-state index is 0.137. The molecule has 0 saturated carbocycles. The van der Waals surface area contributed by atoms with Gasteiger partial charge in [0.15, 0.2) is 0 Å². The number of carbonyl (C=O) groups is 1. The maximum atomic E-state index is 11.6. The summed E-state index contributed by atoms with van der Waals surface area (Å²) in [5.74, 6) is 0.377. The number of rotatable bonds is 7. The molecule has 1 aliphatic rings. The molecule has 1 saturated heterocycles. The third-order valence-corrected chi connectivity index (χ3v) is 3.62. The molecule has 1 amide bonds. The van der Waals surface area contributed by atoms with Crippen molar-refractivity contribution in [3.63, 3.8) is 0 Å². The van der Waals surface area contributed by atoms with Gasteiger partial charge in [0.05, 0.1) is 0 Å². The molecule has 0 spiro atoms. The average molecular weight is 242 g/mol. The van der Waals surface area contributed by atoms with Gasteiger partial charge in [-0.2, -0.15) is 0 Å². The van der Waals surface area contributed by atoms with E-state index < -0.39 is 0 Å². The number of likely N-dealkylation sites (tertiary alicyclic amines) is 1. The van der Waals surface area contributed by atoms with Crippen LogP contribution in [-0.2, 0) is 4.79 Å². The number of aliphatic hydroxyl groups excluding tert-OH is 1. The van der Waals surface area contributed by atoms with Gasteiger partial charge in [0.25, 0.3) is 0 Å². The van der Waals surface area contributed by atoms with Crippen molar-refractivity contribution in [2.45, 2.75) is 39.2 Å². The first-order chi connectivity index (χ1) is 8.04. The Bertz CT molecular complexity index is 244. The smallest absolute Gasteiger partial charge is 0.223 e. The Kier molecular flexibility index (Phi) is 5.92. The zero-order valence-electron chi connectivity index (χ0n) is 11.4. The van der Waals surface area contributed by atoms with Crippen LogP contribution in [0, 0.1) is 5.92 Å². The van der Waals surface area contributed by atoms with E-state index in [4.69, 9.17) is 5.11 Å². The van der Waals surface area contributed by atoms with Gasteiger partial charge in [0, 0.05) is 38.1 Å². The minimum Gasteiger partial charge on any atom is -0.396 e. The molecule has 1 heterocycles. The van der Waals surface area contributed by atoms with Crippen molar-refractivity contribution < 1.29 is 9.90 Å². The third-order valence-electron chi connectivity index (χ3n) is 3.62. The molecule has 1 aliphatic heterocycles. The fourth-order valence-electron chi connectivity index (χ4n) is 2.11. The van der Waals surface area contributed by atoms with Crippen LogP contribution in [0.15, 0.2) is 0 Å². The van der Waals surface area contributed by atoms with E-state index in [1.54, 1.807) is 0 Å². The Morgan fingerprint density at radius 2 is 2.18 bits per heavy atom. The highest BCUT2D eigenvalue weighted by molar-refractivity contribution is 5.78. The molecular weight excluding hydrogens is 216 g/mol. The van der Waals surface area contributed by atoms with E-state index in [9.17, 15) is 4.79 Å². The SMILES string of the molecule is CC(C)N(C)CCCCN1CC(CO)CC1=O. The summed E-state index contributed by atoms with van der Waals surface area (Å²) < 4.78 is 0. The molecule has 1 unspecified atom stereocenters. The number of carbonyl (C=O) groups excluding carboxylic acids is 1. The van der Waals surface area contributed by atoms with E-state index in [2.05, 4.69) is 25.8 Å². The maximum Gasteiger partial charge on any atom is 0.223 e. The van der Waals surface area contributed by atoms with Gasteiger partial charge in [0.2, 0.25) is 5.91 Å². The zero-order chi connectivity index (χ0) is 12.8. The number of hydrogen-bond donors (Lipinski definition) is 1. The van der Waals surface area contributed by atoms with Gasteiger partial charge >= 0.3 is 0 Å². The van der Waals surface area contributed by atoms with Gasteiger partial charge in [-0.1, -0.05) is 0 Å². The number of hydrogen-bond acceptors (Lipinski definition) is 3. The van der Waals surface area contributed by atoms with Crippen molar-refractivity contribution in [1.29, 1.82) is 0 Å². The lowest BCUT2D eigenvalue weighted by Crippen LogP contribution is -2.29.